The zero-order valence-corrected chi connectivity index (χ0v) is 21.6. The van der Waals surface area contributed by atoms with Crippen molar-refractivity contribution in [2.45, 2.75) is 21.4 Å². The van der Waals surface area contributed by atoms with E-state index in [1.807, 2.05) is 17.2 Å². The number of hydrogen-bond acceptors (Lipinski definition) is 6. The number of anilines is 1. The van der Waals surface area contributed by atoms with E-state index in [4.69, 9.17) is 14.5 Å². The first-order valence-corrected chi connectivity index (χ1v) is 11.3. The van der Waals surface area contributed by atoms with Crippen molar-refractivity contribution < 1.29 is 14.3 Å². The highest BCUT2D eigenvalue weighted by atomic mass is 79.9. The molecule has 1 aliphatic rings. The Bertz CT molecular complexity index is 975. The van der Waals surface area contributed by atoms with Crippen LogP contribution < -0.4 is 4.90 Å². The number of amides is 1. The lowest BCUT2D eigenvalue weighted by atomic mass is 9.26. The Labute approximate surface area is 199 Å². The third-order valence-corrected chi connectivity index (χ3v) is 8.03. The third-order valence-electron chi connectivity index (χ3n) is 7.47. The fourth-order valence-electron chi connectivity index (χ4n) is 4.75. The summed E-state index contributed by atoms with van der Waals surface area (Å²) in [5, 5.41) is 2.19. The largest absolute Gasteiger partial charge is 0.447 e. The Morgan fingerprint density at radius 1 is 1.03 bits per heavy atom. The first-order chi connectivity index (χ1) is 14.2. The van der Waals surface area contributed by atoms with Gasteiger partial charge in [0.2, 0.25) is 0 Å². The molecule has 0 aliphatic carbocycles. The number of halogens is 1. The van der Waals surface area contributed by atoms with Crippen molar-refractivity contribution in [2.75, 3.05) is 25.2 Å². The lowest BCUT2D eigenvalue weighted by molar-refractivity contribution is 0.0404. The summed E-state index contributed by atoms with van der Waals surface area (Å²) < 4.78 is 13.2. The molecule has 0 N–H and O–H groups in total. The second kappa shape index (κ2) is 7.90. The van der Waals surface area contributed by atoms with Crippen LogP contribution in [0.2, 0.25) is 0 Å². The molecule has 1 aliphatic heterocycles. The van der Waals surface area contributed by atoms with Gasteiger partial charge < -0.3 is 19.3 Å². The van der Waals surface area contributed by atoms with Crippen molar-refractivity contribution in [3.05, 3.63) is 22.9 Å². The SMILES string of the molecule is BC1(B)N(C(=O)OCCOC)C(B)(B)C(B)(B)N(c2ccn3ncc(Br)c3n2)C1(B)B. The molecule has 3 heterocycles. The number of carbonyl (C=O) groups excluding carboxylic acids is 1. The fraction of sp³-hybridized carbons (Fsp3) is 0.500. The Morgan fingerprint density at radius 2 is 1.61 bits per heavy atom. The zero-order chi connectivity index (χ0) is 23.4. The number of aromatic nitrogens is 3. The van der Waals surface area contributed by atoms with E-state index in [1.54, 1.807) is 17.8 Å². The maximum Gasteiger partial charge on any atom is 0.408 e. The van der Waals surface area contributed by atoms with E-state index >= 15 is 0 Å². The topological polar surface area (TPSA) is 72.2 Å². The molecule has 0 atom stereocenters. The minimum atomic E-state index is -0.582. The van der Waals surface area contributed by atoms with Crippen molar-refractivity contribution in [2.24, 2.45) is 0 Å². The number of fused-ring (bicyclic) bond motifs is 1. The molecule has 1 saturated heterocycles. The normalized spacial score (nSPS) is 21.1. The zero-order valence-electron chi connectivity index (χ0n) is 20.0. The van der Waals surface area contributed by atoms with Crippen LogP contribution in [0.5, 0.6) is 0 Å². The Kier molecular flexibility index (Phi) is 6.19. The molecule has 0 aromatic carbocycles. The monoisotopic (exact) mass is 479 g/mol. The van der Waals surface area contributed by atoms with E-state index in [0.717, 1.165) is 15.9 Å². The number of carbonyl (C=O) groups is 1. The van der Waals surface area contributed by atoms with E-state index in [2.05, 4.69) is 88.7 Å². The highest BCUT2D eigenvalue weighted by molar-refractivity contribution is 9.10. The summed E-state index contributed by atoms with van der Waals surface area (Å²) in [6.45, 7) is 0.583. The summed E-state index contributed by atoms with van der Waals surface area (Å²) in [5.41, 5.74) is 0.751. The third kappa shape index (κ3) is 3.56. The Balaban J connectivity index is 2.14. The van der Waals surface area contributed by atoms with Gasteiger partial charge in [0.1, 0.15) is 75.2 Å². The van der Waals surface area contributed by atoms with Crippen molar-refractivity contribution in [1.29, 1.82) is 0 Å². The van der Waals surface area contributed by atoms with Gasteiger partial charge in [0, 0.05) is 13.3 Å². The average Bonchev–Trinajstić information content (AvgIpc) is 3.01. The molecule has 0 unspecified atom stereocenters. The highest BCUT2D eigenvalue weighted by Crippen LogP contribution is 2.44. The molecule has 0 spiro atoms. The first-order valence-electron chi connectivity index (χ1n) is 10.5. The number of rotatable bonds is 4. The summed E-state index contributed by atoms with van der Waals surface area (Å²) >= 11 is 3.54. The Morgan fingerprint density at radius 3 is 2.16 bits per heavy atom. The van der Waals surface area contributed by atoms with Gasteiger partial charge in [-0.3, -0.25) is 0 Å². The molecule has 0 bridgehead atoms. The van der Waals surface area contributed by atoms with Gasteiger partial charge in [-0.1, -0.05) is 0 Å². The second-order valence-corrected chi connectivity index (χ2v) is 10.9. The summed E-state index contributed by atoms with van der Waals surface area (Å²) in [5.74, 6) is 0.831. The van der Waals surface area contributed by atoms with Crippen LogP contribution in [0.1, 0.15) is 0 Å². The number of nitrogens with zero attached hydrogens (tertiary/aromatic N) is 5. The van der Waals surface area contributed by atoms with Gasteiger partial charge >= 0.3 is 6.09 Å². The molecule has 1 amide bonds. The number of hydrogen-bond donors (Lipinski definition) is 0. The summed E-state index contributed by atoms with van der Waals surface area (Å²) in [7, 11) is 18.5. The molecule has 0 saturated carbocycles. The quantitative estimate of drug-likeness (QED) is 0.321. The van der Waals surface area contributed by atoms with Gasteiger partial charge in [0.25, 0.3) is 0 Å². The predicted molar refractivity (Wildman–Crippen MR) is 148 cm³/mol. The van der Waals surface area contributed by atoms with Crippen molar-refractivity contribution in [3.63, 3.8) is 0 Å². The molecular formula is C14H26B8BrN5O3. The van der Waals surface area contributed by atoms with Crippen LogP contribution in [0.15, 0.2) is 22.9 Å². The van der Waals surface area contributed by atoms with Crippen LogP contribution in [-0.4, -0.2) is 130 Å². The molecule has 31 heavy (non-hydrogen) atoms. The van der Waals surface area contributed by atoms with Crippen LogP contribution in [0.25, 0.3) is 5.65 Å². The van der Waals surface area contributed by atoms with Gasteiger partial charge in [-0.25, -0.2) is 14.3 Å². The van der Waals surface area contributed by atoms with E-state index < -0.39 is 21.4 Å². The van der Waals surface area contributed by atoms with E-state index in [1.165, 1.54) is 0 Å². The van der Waals surface area contributed by atoms with Crippen molar-refractivity contribution >= 4 is 96.3 Å². The molecular weight excluding hydrogens is 453 g/mol. The second-order valence-electron chi connectivity index (χ2n) is 10.1. The van der Waals surface area contributed by atoms with Gasteiger partial charge in [0.15, 0.2) is 5.65 Å². The maximum atomic E-state index is 13.3. The summed E-state index contributed by atoms with van der Waals surface area (Å²) in [6.07, 6.45) is 3.32. The average molecular weight is 479 g/mol. The molecule has 8 nitrogen and oxygen atoms in total. The van der Waals surface area contributed by atoms with Crippen LogP contribution in [0, 0.1) is 0 Å². The number of piperazine rings is 1. The first kappa shape index (κ1) is 24.3. The maximum absolute atomic E-state index is 13.3. The minimum absolute atomic E-state index is 0.218. The molecule has 2 aromatic heterocycles. The fourth-order valence-corrected chi connectivity index (χ4v) is 5.12. The van der Waals surface area contributed by atoms with Gasteiger partial charge in [0.05, 0.1) is 17.3 Å². The highest BCUT2D eigenvalue weighted by Gasteiger charge is 2.63. The minimum Gasteiger partial charge on any atom is -0.447 e. The lowest BCUT2D eigenvalue weighted by Gasteiger charge is -2.73. The van der Waals surface area contributed by atoms with Crippen molar-refractivity contribution in [1.82, 2.24) is 19.5 Å². The molecule has 156 valence electrons. The van der Waals surface area contributed by atoms with Gasteiger partial charge in [-0.2, -0.15) is 5.10 Å². The van der Waals surface area contributed by atoms with Crippen molar-refractivity contribution in [3.8, 4) is 0 Å². The van der Waals surface area contributed by atoms with E-state index in [0.29, 0.717) is 6.61 Å². The summed E-state index contributed by atoms with van der Waals surface area (Å²) in [6, 6.07) is 1.98. The lowest BCUT2D eigenvalue weighted by Crippen LogP contribution is -2.93. The van der Waals surface area contributed by atoms with Crippen LogP contribution in [0.3, 0.4) is 0 Å². The summed E-state index contributed by atoms with van der Waals surface area (Å²) in [4.78, 5) is 22.5. The van der Waals surface area contributed by atoms with Gasteiger partial charge in [-0.15, -0.1) is 0 Å². The van der Waals surface area contributed by atoms with Crippen LogP contribution >= 0.6 is 15.9 Å². The molecule has 3 rings (SSSR count). The Hall–Kier alpha value is -1.35. The predicted octanol–water partition coefficient (Wildman–Crippen LogP) is -6.92. The molecule has 1 fully saturated rings. The van der Waals surface area contributed by atoms with Crippen LogP contribution in [-0.2, 0) is 9.47 Å². The van der Waals surface area contributed by atoms with Gasteiger partial charge in [-0.05, 0) is 43.3 Å². The van der Waals surface area contributed by atoms with E-state index in [-0.39, 0.29) is 12.7 Å². The van der Waals surface area contributed by atoms with E-state index in [9.17, 15) is 4.79 Å². The molecule has 17 heteroatoms. The number of ether oxygens (including phenoxy) is 2. The molecule has 2 aromatic rings. The standard InChI is InChI=1S/C14H26B8BrN5O3/c1-30-4-5-31-10(29)28-13(19,20)11(15,16)27(12(17,18)14(28,21)22)8-2-3-26-9(25-8)7(23)6-24-26/h2-3,6H,4-5,15-22H2,1H3. The molecule has 0 radical (unpaired) electrons. The number of methoxy groups -OCH3 is 1. The smallest absolute Gasteiger partial charge is 0.408 e. The van der Waals surface area contributed by atoms with Crippen LogP contribution in [0.4, 0.5) is 10.6 Å².